The Balaban J connectivity index is 2.30. The summed E-state index contributed by atoms with van der Waals surface area (Å²) in [5, 5.41) is 17.8. The molecule has 0 saturated carbocycles. The molecule has 3 aromatic heterocycles. The van der Waals surface area contributed by atoms with Gasteiger partial charge in [-0.2, -0.15) is 5.10 Å². The lowest BCUT2D eigenvalue weighted by Crippen LogP contribution is -2.12. The van der Waals surface area contributed by atoms with E-state index in [0.29, 0.717) is 0 Å². The first-order valence-electron chi connectivity index (χ1n) is 5.64. The van der Waals surface area contributed by atoms with Gasteiger partial charge in [0.2, 0.25) is 0 Å². The molecule has 0 spiro atoms. The van der Waals surface area contributed by atoms with Crippen LogP contribution in [-0.4, -0.2) is 31.8 Å². The first-order valence-corrected chi connectivity index (χ1v) is 5.64. The van der Waals surface area contributed by atoms with Gasteiger partial charge in [0.1, 0.15) is 0 Å². The van der Waals surface area contributed by atoms with Crippen LogP contribution in [0.2, 0.25) is 0 Å². The Morgan fingerprint density at radius 1 is 1.33 bits per heavy atom. The van der Waals surface area contributed by atoms with Crippen LogP contribution in [0.5, 0.6) is 0 Å². The minimum atomic E-state index is -0.723. The number of rotatable bonds is 3. The van der Waals surface area contributed by atoms with Crippen LogP contribution in [0.3, 0.4) is 0 Å². The van der Waals surface area contributed by atoms with Gasteiger partial charge >= 0.3 is 0 Å². The monoisotopic (exact) mass is 243 g/mol. The third-order valence-corrected chi connectivity index (χ3v) is 2.97. The van der Waals surface area contributed by atoms with Crippen LogP contribution in [0.1, 0.15) is 11.7 Å². The molecule has 3 heterocycles. The number of H-pyrrole nitrogens is 2. The van der Waals surface area contributed by atoms with Gasteiger partial charge in [-0.25, -0.2) is 0 Å². The van der Waals surface area contributed by atoms with Crippen molar-refractivity contribution in [3.05, 3.63) is 36.3 Å². The molecule has 6 nitrogen and oxygen atoms in total. The second-order valence-electron chi connectivity index (χ2n) is 4.06. The number of aliphatic hydroxyl groups excluding tert-OH is 1. The number of nitrogens with one attached hydrogen (secondary N) is 2. The van der Waals surface area contributed by atoms with E-state index in [1.165, 1.54) is 0 Å². The van der Waals surface area contributed by atoms with Crippen LogP contribution >= 0.6 is 0 Å². The molecule has 0 bridgehead atoms. The van der Waals surface area contributed by atoms with Crippen LogP contribution in [-0.2, 0) is 0 Å². The smallest absolute Gasteiger partial charge is 0.0939 e. The van der Waals surface area contributed by atoms with Crippen molar-refractivity contribution in [1.82, 2.24) is 20.2 Å². The average Bonchev–Trinajstić information content (AvgIpc) is 3.04. The Hall–Kier alpha value is -2.18. The van der Waals surface area contributed by atoms with E-state index in [9.17, 15) is 5.11 Å². The number of aromatic nitrogens is 4. The Labute approximate surface area is 103 Å². The third-order valence-electron chi connectivity index (χ3n) is 2.97. The molecule has 92 valence electrons. The van der Waals surface area contributed by atoms with Crippen LogP contribution in [0.4, 0.5) is 0 Å². The highest BCUT2D eigenvalue weighted by atomic mass is 16.3. The molecule has 0 radical (unpaired) electrons. The molecule has 3 aromatic rings. The van der Waals surface area contributed by atoms with Crippen molar-refractivity contribution in [3.63, 3.8) is 0 Å². The maximum Gasteiger partial charge on any atom is 0.0939 e. The zero-order chi connectivity index (χ0) is 12.5. The van der Waals surface area contributed by atoms with Gasteiger partial charge in [0, 0.05) is 29.9 Å². The summed E-state index contributed by atoms with van der Waals surface area (Å²) in [7, 11) is 0. The summed E-state index contributed by atoms with van der Waals surface area (Å²) < 4.78 is 0. The van der Waals surface area contributed by atoms with Crippen molar-refractivity contribution in [2.24, 2.45) is 5.73 Å². The SMILES string of the molecule is NCC(O)c1c(-c2ccn[nH]2)[nH]c2cnccc12. The summed E-state index contributed by atoms with van der Waals surface area (Å²) in [5.74, 6) is 0. The van der Waals surface area contributed by atoms with E-state index in [1.807, 2.05) is 12.1 Å². The highest BCUT2D eigenvalue weighted by Crippen LogP contribution is 2.32. The number of nitrogens with two attached hydrogens (primary N) is 1. The molecule has 1 unspecified atom stereocenters. The van der Waals surface area contributed by atoms with E-state index in [-0.39, 0.29) is 6.54 Å². The molecule has 3 rings (SSSR count). The number of hydrogen-bond donors (Lipinski definition) is 4. The third kappa shape index (κ3) is 1.59. The summed E-state index contributed by atoms with van der Waals surface area (Å²) in [6.07, 6.45) is 4.36. The minimum absolute atomic E-state index is 0.163. The first-order chi connectivity index (χ1) is 8.81. The van der Waals surface area contributed by atoms with Gasteiger partial charge in [0.05, 0.1) is 29.2 Å². The molecule has 0 saturated heterocycles. The van der Waals surface area contributed by atoms with Crippen LogP contribution in [0.25, 0.3) is 22.3 Å². The van der Waals surface area contributed by atoms with Crippen LogP contribution in [0, 0.1) is 0 Å². The second-order valence-corrected chi connectivity index (χ2v) is 4.06. The zero-order valence-electron chi connectivity index (χ0n) is 9.59. The van der Waals surface area contributed by atoms with E-state index in [0.717, 1.165) is 27.9 Å². The highest BCUT2D eigenvalue weighted by molar-refractivity contribution is 5.89. The maximum absolute atomic E-state index is 10.1. The fourth-order valence-electron chi connectivity index (χ4n) is 2.14. The maximum atomic E-state index is 10.1. The van der Waals surface area contributed by atoms with Gasteiger partial charge < -0.3 is 15.8 Å². The average molecular weight is 243 g/mol. The van der Waals surface area contributed by atoms with E-state index >= 15 is 0 Å². The molecule has 0 aliphatic carbocycles. The lowest BCUT2D eigenvalue weighted by molar-refractivity contribution is 0.189. The standard InChI is InChI=1S/C12H13N5O/c13-5-10(18)11-7-1-3-14-6-9(7)16-12(11)8-2-4-15-17-8/h1-4,6,10,16,18H,5,13H2,(H,15,17). The quantitative estimate of drug-likeness (QED) is 0.549. The Bertz CT molecular complexity index is 658. The predicted molar refractivity (Wildman–Crippen MR) is 67.7 cm³/mol. The first kappa shape index (κ1) is 10.9. The van der Waals surface area contributed by atoms with Gasteiger partial charge in [0.25, 0.3) is 0 Å². The predicted octanol–water partition coefficient (Wildman–Crippen LogP) is 0.945. The number of aliphatic hydroxyl groups is 1. The molecule has 1 atom stereocenters. The topological polar surface area (TPSA) is 104 Å². The largest absolute Gasteiger partial charge is 0.387 e. The van der Waals surface area contributed by atoms with Gasteiger partial charge in [-0.15, -0.1) is 0 Å². The van der Waals surface area contributed by atoms with Crippen molar-refractivity contribution < 1.29 is 5.11 Å². The number of aromatic amines is 2. The van der Waals surface area contributed by atoms with E-state index in [4.69, 9.17) is 5.73 Å². The fourth-order valence-corrected chi connectivity index (χ4v) is 2.14. The summed E-state index contributed by atoms with van der Waals surface area (Å²) in [6.45, 7) is 0.163. The molecular weight excluding hydrogens is 230 g/mol. The number of nitrogens with zero attached hydrogens (tertiary/aromatic N) is 2. The van der Waals surface area contributed by atoms with Gasteiger partial charge in [0.15, 0.2) is 0 Å². The van der Waals surface area contributed by atoms with Crippen molar-refractivity contribution in [2.75, 3.05) is 6.54 Å². The van der Waals surface area contributed by atoms with Crippen molar-refractivity contribution in [3.8, 4) is 11.4 Å². The van der Waals surface area contributed by atoms with Crippen molar-refractivity contribution in [2.45, 2.75) is 6.10 Å². The Kier molecular flexibility index (Phi) is 2.58. The molecule has 0 amide bonds. The fraction of sp³-hybridized carbons (Fsp3) is 0.167. The number of pyridine rings is 1. The van der Waals surface area contributed by atoms with Crippen molar-refractivity contribution >= 4 is 10.9 Å². The zero-order valence-corrected chi connectivity index (χ0v) is 9.59. The lowest BCUT2D eigenvalue weighted by atomic mass is 10.0. The molecule has 0 aromatic carbocycles. The summed E-state index contributed by atoms with van der Waals surface area (Å²) in [6, 6.07) is 3.70. The number of fused-ring (bicyclic) bond motifs is 1. The van der Waals surface area contributed by atoms with E-state index in [1.54, 1.807) is 18.6 Å². The molecule has 0 aliphatic heterocycles. The van der Waals surface area contributed by atoms with Gasteiger partial charge in [-0.3, -0.25) is 10.1 Å². The van der Waals surface area contributed by atoms with Gasteiger partial charge in [-0.1, -0.05) is 0 Å². The number of hydrogen-bond acceptors (Lipinski definition) is 4. The summed E-state index contributed by atoms with van der Waals surface area (Å²) in [5.41, 5.74) is 8.83. The van der Waals surface area contributed by atoms with Crippen LogP contribution in [0.15, 0.2) is 30.7 Å². The van der Waals surface area contributed by atoms with E-state index in [2.05, 4.69) is 20.2 Å². The molecule has 6 heteroatoms. The van der Waals surface area contributed by atoms with Crippen LogP contribution < -0.4 is 5.73 Å². The molecule has 0 aliphatic rings. The minimum Gasteiger partial charge on any atom is -0.387 e. The lowest BCUT2D eigenvalue weighted by Gasteiger charge is -2.09. The molecular formula is C12H13N5O. The molecule has 5 N–H and O–H groups in total. The highest BCUT2D eigenvalue weighted by Gasteiger charge is 2.19. The molecule has 18 heavy (non-hydrogen) atoms. The normalized spacial score (nSPS) is 13.0. The van der Waals surface area contributed by atoms with E-state index < -0.39 is 6.10 Å². The summed E-state index contributed by atoms with van der Waals surface area (Å²) >= 11 is 0. The Morgan fingerprint density at radius 2 is 2.22 bits per heavy atom. The summed E-state index contributed by atoms with van der Waals surface area (Å²) in [4.78, 5) is 7.30. The van der Waals surface area contributed by atoms with Gasteiger partial charge in [-0.05, 0) is 12.1 Å². The Morgan fingerprint density at radius 3 is 2.94 bits per heavy atom. The molecule has 0 fully saturated rings. The van der Waals surface area contributed by atoms with Crippen molar-refractivity contribution in [1.29, 1.82) is 0 Å². The second kappa shape index (κ2) is 4.25.